The Balaban J connectivity index is 1.95. The smallest absolute Gasteiger partial charge is 0.141 e. The second kappa shape index (κ2) is 7.78. The number of halogens is 3. The van der Waals surface area contributed by atoms with Crippen LogP contribution in [0.1, 0.15) is 5.56 Å². The topological polar surface area (TPSA) is 12.0 Å². The lowest BCUT2D eigenvalue weighted by atomic mass is 10.1. The van der Waals surface area contributed by atoms with Gasteiger partial charge in [-0.05, 0) is 49.4 Å². The molecule has 0 radical (unpaired) electrons. The Labute approximate surface area is 132 Å². The van der Waals surface area contributed by atoms with E-state index in [0.29, 0.717) is 0 Å². The van der Waals surface area contributed by atoms with E-state index < -0.39 is 5.82 Å². The fourth-order valence-corrected chi connectivity index (χ4v) is 3.20. The molecule has 0 aliphatic heterocycles. The first-order valence-electron chi connectivity index (χ1n) is 6.58. The minimum atomic E-state index is -0.407. The van der Waals surface area contributed by atoms with Gasteiger partial charge >= 0.3 is 0 Å². The molecule has 0 fully saturated rings. The third-order valence-corrected chi connectivity index (χ3v) is 4.57. The van der Waals surface area contributed by atoms with Crippen molar-refractivity contribution in [1.82, 2.24) is 5.32 Å². The van der Waals surface area contributed by atoms with Crippen molar-refractivity contribution in [1.29, 1.82) is 0 Å². The van der Waals surface area contributed by atoms with Crippen molar-refractivity contribution in [2.45, 2.75) is 17.4 Å². The van der Waals surface area contributed by atoms with Crippen LogP contribution in [0.15, 0.2) is 47.4 Å². The molecule has 0 aromatic heterocycles. The summed E-state index contributed by atoms with van der Waals surface area (Å²) in [5, 5.41) is 3.36. The summed E-state index contributed by atoms with van der Waals surface area (Å²) in [4.78, 5) is 0.896. The van der Waals surface area contributed by atoms with E-state index in [0.717, 1.165) is 22.6 Å². The van der Waals surface area contributed by atoms with Gasteiger partial charge in [-0.1, -0.05) is 23.7 Å². The predicted octanol–water partition coefficient (Wildman–Crippen LogP) is 4.54. The van der Waals surface area contributed by atoms with Crippen molar-refractivity contribution in [2.24, 2.45) is 0 Å². The highest BCUT2D eigenvalue weighted by Crippen LogP contribution is 2.22. The van der Waals surface area contributed by atoms with Crippen LogP contribution in [0.2, 0.25) is 5.02 Å². The quantitative estimate of drug-likeness (QED) is 0.782. The molecule has 1 N–H and O–H groups in total. The van der Waals surface area contributed by atoms with Crippen LogP contribution >= 0.6 is 23.4 Å². The van der Waals surface area contributed by atoms with Crippen LogP contribution in [-0.2, 0) is 6.42 Å². The van der Waals surface area contributed by atoms with Crippen LogP contribution in [0.4, 0.5) is 8.78 Å². The SMILES string of the molecule is CNC(CSc1cccc(F)c1)Cc1ccc(F)c(Cl)c1. The predicted molar refractivity (Wildman–Crippen MR) is 85.1 cm³/mol. The van der Waals surface area contributed by atoms with Gasteiger partial charge in [0.2, 0.25) is 0 Å². The Hall–Kier alpha value is -1.10. The van der Waals surface area contributed by atoms with E-state index >= 15 is 0 Å². The molecule has 112 valence electrons. The molecule has 0 bridgehead atoms. The molecule has 0 spiro atoms. The van der Waals surface area contributed by atoms with Gasteiger partial charge in [-0.15, -0.1) is 11.8 Å². The molecule has 1 unspecified atom stereocenters. The first-order chi connectivity index (χ1) is 10.1. The van der Waals surface area contributed by atoms with E-state index in [1.165, 1.54) is 18.2 Å². The first kappa shape index (κ1) is 16.3. The number of likely N-dealkylation sites (N-methyl/N-ethyl adjacent to an activating group) is 1. The normalized spacial score (nSPS) is 12.4. The lowest BCUT2D eigenvalue weighted by Crippen LogP contribution is -2.30. The Bertz CT molecular complexity index is 607. The maximum absolute atomic E-state index is 13.1. The molecule has 5 heteroatoms. The van der Waals surface area contributed by atoms with Gasteiger partial charge in [0.1, 0.15) is 11.6 Å². The molecule has 2 aromatic carbocycles. The minimum Gasteiger partial charge on any atom is -0.316 e. The van der Waals surface area contributed by atoms with Crippen molar-refractivity contribution in [3.63, 3.8) is 0 Å². The zero-order valence-electron chi connectivity index (χ0n) is 11.6. The molecule has 0 heterocycles. The molecular weight excluding hydrogens is 312 g/mol. The van der Waals surface area contributed by atoms with Crippen LogP contribution in [0.3, 0.4) is 0 Å². The van der Waals surface area contributed by atoms with Gasteiger partial charge in [-0.25, -0.2) is 8.78 Å². The largest absolute Gasteiger partial charge is 0.316 e. The Morgan fingerprint density at radius 3 is 2.67 bits per heavy atom. The average Bonchev–Trinajstić information content (AvgIpc) is 2.47. The second-order valence-electron chi connectivity index (χ2n) is 4.71. The summed E-state index contributed by atoms with van der Waals surface area (Å²) >= 11 is 7.37. The highest BCUT2D eigenvalue weighted by atomic mass is 35.5. The maximum atomic E-state index is 13.1. The molecule has 0 saturated carbocycles. The van der Waals surface area contributed by atoms with Crippen LogP contribution in [0.25, 0.3) is 0 Å². The Kier molecular flexibility index (Phi) is 6.03. The van der Waals surface area contributed by atoms with Crippen molar-refractivity contribution >= 4 is 23.4 Å². The van der Waals surface area contributed by atoms with Crippen LogP contribution in [-0.4, -0.2) is 18.8 Å². The zero-order chi connectivity index (χ0) is 15.2. The molecular formula is C16H16ClF2NS. The zero-order valence-corrected chi connectivity index (χ0v) is 13.1. The van der Waals surface area contributed by atoms with E-state index in [1.807, 2.05) is 13.1 Å². The minimum absolute atomic E-state index is 0.139. The molecule has 0 aliphatic rings. The summed E-state index contributed by atoms with van der Waals surface area (Å²) in [5.41, 5.74) is 0.973. The molecule has 0 amide bonds. The van der Waals surface area contributed by atoms with E-state index in [-0.39, 0.29) is 16.9 Å². The van der Waals surface area contributed by atoms with Crippen molar-refractivity contribution in [3.8, 4) is 0 Å². The summed E-state index contributed by atoms with van der Waals surface area (Å²) in [7, 11) is 1.88. The highest BCUT2D eigenvalue weighted by molar-refractivity contribution is 7.99. The highest BCUT2D eigenvalue weighted by Gasteiger charge is 2.10. The van der Waals surface area contributed by atoms with Crippen LogP contribution in [0.5, 0.6) is 0 Å². The fraction of sp³-hybridized carbons (Fsp3) is 0.250. The van der Waals surface area contributed by atoms with E-state index in [2.05, 4.69) is 5.32 Å². The third kappa shape index (κ3) is 4.99. The first-order valence-corrected chi connectivity index (χ1v) is 7.94. The van der Waals surface area contributed by atoms with Crippen molar-refractivity contribution in [2.75, 3.05) is 12.8 Å². The average molecular weight is 328 g/mol. The maximum Gasteiger partial charge on any atom is 0.141 e. The molecule has 21 heavy (non-hydrogen) atoms. The lowest BCUT2D eigenvalue weighted by molar-refractivity contribution is 0.609. The van der Waals surface area contributed by atoms with E-state index in [1.54, 1.807) is 30.0 Å². The molecule has 0 aliphatic carbocycles. The third-order valence-electron chi connectivity index (χ3n) is 3.12. The second-order valence-corrected chi connectivity index (χ2v) is 6.21. The van der Waals surface area contributed by atoms with Gasteiger partial charge in [-0.3, -0.25) is 0 Å². The molecule has 0 saturated heterocycles. The number of thioether (sulfide) groups is 1. The van der Waals surface area contributed by atoms with Gasteiger partial charge in [0.25, 0.3) is 0 Å². The summed E-state index contributed by atoms with van der Waals surface area (Å²) in [6, 6.07) is 11.5. The van der Waals surface area contributed by atoms with Gasteiger partial charge in [0.05, 0.1) is 5.02 Å². The lowest BCUT2D eigenvalue weighted by Gasteiger charge is -2.16. The van der Waals surface area contributed by atoms with Gasteiger partial charge in [0, 0.05) is 16.7 Å². The summed E-state index contributed by atoms with van der Waals surface area (Å²) < 4.78 is 26.3. The molecule has 1 atom stereocenters. The molecule has 1 nitrogen and oxygen atoms in total. The summed E-state index contributed by atoms with van der Waals surface area (Å²) in [6.45, 7) is 0. The van der Waals surface area contributed by atoms with Gasteiger partial charge in [-0.2, -0.15) is 0 Å². The van der Waals surface area contributed by atoms with Gasteiger partial charge < -0.3 is 5.32 Å². The number of hydrogen-bond donors (Lipinski definition) is 1. The molecule has 2 rings (SSSR count). The number of hydrogen-bond acceptors (Lipinski definition) is 2. The summed E-state index contributed by atoms with van der Waals surface area (Å²) in [6.07, 6.45) is 0.735. The number of rotatable bonds is 6. The van der Waals surface area contributed by atoms with Gasteiger partial charge in [0.15, 0.2) is 0 Å². The van der Waals surface area contributed by atoms with Crippen molar-refractivity contribution < 1.29 is 8.78 Å². The number of benzene rings is 2. The molecule has 2 aromatic rings. The van der Waals surface area contributed by atoms with Crippen LogP contribution < -0.4 is 5.32 Å². The van der Waals surface area contributed by atoms with E-state index in [4.69, 9.17) is 11.6 Å². The van der Waals surface area contributed by atoms with Crippen molar-refractivity contribution in [3.05, 3.63) is 64.7 Å². The monoisotopic (exact) mass is 327 g/mol. The fourth-order valence-electron chi connectivity index (χ4n) is 1.95. The van der Waals surface area contributed by atoms with Crippen LogP contribution in [0, 0.1) is 11.6 Å². The standard InChI is InChI=1S/C16H16ClF2NS/c1-20-13(7-11-5-6-16(19)15(17)8-11)10-21-14-4-2-3-12(18)9-14/h2-6,8-9,13,20H,7,10H2,1H3. The van der Waals surface area contributed by atoms with E-state index in [9.17, 15) is 8.78 Å². The Morgan fingerprint density at radius 1 is 1.19 bits per heavy atom. The Morgan fingerprint density at radius 2 is 2.00 bits per heavy atom. The number of nitrogens with one attached hydrogen (secondary N) is 1. The summed E-state index contributed by atoms with van der Waals surface area (Å²) in [5.74, 6) is 0.150.